The van der Waals surface area contributed by atoms with E-state index >= 15 is 0 Å². The number of hydrogen-bond donors (Lipinski definition) is 1. The van der Waals surface area contributed by atoms with E-state index < -0.39 is 17.7 Å². The molecule has 0 spiro atoms. The van der Waals surface area contributed by atoms with Crippen LogP contribution in [0, 0.1) is 0 Å². The molecule has 136 valence electrons. The third kappa shape index (κ3) is 4.35. The van der Waals surface area contributed by atoms with Gasteiger partial charge in [-0.2, -0.15) is 0 Å². The van der Waals surface area contributed by atoms with Crippen LogP contribution in [-0.2, 0) is 22.4 Å². The van der Waals surface area contributed by atoms with Crippen molar-refractivity contribution in [1.82, 2.24) is 10.2 Å². The molecule has 6 heteroatoms. The Labute approximate surface area is 157 Å². The van der Waals surface area contributed by atoms with Crippen molar-refractivity contribution in [3.05, 3.63) is 33.8 Å². The van der Waals surface area contributed by atoms with Crippen molar-refractivity contribution in [3.63, 3.8) is 0 Å². The summed E-state index contributed by atoms with van der Waals surface area (Å²) in [5.74, 6) is -0.0692. The van der Waals surface area contributed by atoms with Crippen LogP contribution in [0.5, 0.6) is 0 Å². The summed E-state index contributed by atoms with van der Waals surface area (Å²) in [7, 11) is 0. The molecule has 1 fully saturated rings. The minimum Gasteiger partial charge on any atom is -0.444 e. The van der Waals surface area contributed by atoms with E-state index in [2.05, 4.69) is 33.4 Å². The highest BCUT2D eigenvalue weighted by Crippen LogP contribution is 2.26. The van der Waals surface area contributed by atoms with Gasteiger partial charge < -0.3 is 10.1 Å². The number of nitrogens with one attached hydrogen (secondary N) is 1. The van der Waals surface area contributed by atoms with E-state index in [4.69, 9.17) is 4.74 Å². The summed E-state index contributed by atoms with van der Waals surface area (Å²) in [6, 6.07) is 5.92. The van der Waals surface area contributed by atoms with Crippen molar-refractivity contribution in [2.45, 2.75) is 64.1 Å². The van der Waals surface area contributed by atoms with Crippen molar-refractivity contribution in [3.8, 4) is 0 Å². The summed E-state index contributed by atoms with van der Waals surface area (Å²) in [5.41, 5.74) is 2.00. The normalized spacial score (nSPS) is 22.6. The van der Waals surface area contributed by atoms with Gasteiger partial charge in [-0.05, 0) is 69.7 Å². The molecule has 0 radical (unpaired) electrons. The van der Waals surface area contributed by atoms with Gasteiger partial charge in [0.15, 0.2) is 0 Å². The number of ether oxygens (including phenoxy) is 1. The van der Waals surface area contributed by atoms with Gasteiger partial charge in [-0.15, -0.1) is 0 Å². The zero-order valence-corrected chi connectivity index (χ0v) is 16.6. The topological polar surface area (TPSA) is 58.6 Å². The number of rotatable bonds is 2. The molecule has 1 saturated heterocycles. The Morgan fingerprint density at radius 1 is 1.24 bits per heavy atom. The molecule has 2 atom stereocenters. The molecule has 0 bridgehead atoms. The minimum atomic E-state index is -0.554. The first-order valence-electron chi connectivity index (χ1n) is 8.80. The third-order valence-corrected chi connectivity index (χ3v) is 5.12. The molecule has 0 saturated carbocycles. The highest BCUT2D eigenvalue weighted by Gasteiger charge is 2.37. The van der Waals surface area contributed by atoms with Gasteiger partial charge in [0.25, 0.3) is 0 Å². The van der Waals surface area contributed by atoms with Gasteiger partial charge >= 0.3 is 6.09 Å². The van der Waals surface area contributed by atoms with Crippen molar-refractivity contribution in [2.75, 3.05) is 6.54 Å². The van der Waals surface area contributed by atoms with E-state index in [0.29, 0.717) is 13.0 Å². The monoisotopic (exact) mass is 408 g/mol. The lowest BCUT2D eigenvalue weighted by Gasteiger charge is -2.28. The van der Waals surface area contributed by atoms with Gasteiger partial charge in [0, 0.05) is 17.1 Å². The molecule has 1 aliphatic carbocycles. The zero-order chi connectivity index (χ0) is 18.2. The van der Waals surface area contributed by atoms with Gasteiger partial charge in [0.1, 0.15) is 11.6 Å². The molecular formula is C19H25BrN2O3. The summed E-state index contributed by atoms with van der Waals surface area (Å²) >= 11 is 3.49. The summed E-state index contributed by atoms with van der Waals surface area (Å²) in [6.45, 7) is 6.09. The Morgan fingerprint density at radius 3 is 2.68 bits per heavy atom. The molecule has 5 nitrogen and oxygen atoms in total. The molecule has 2 amide bonds. The fourth-order valence-electron chi connectivity index (χ4n) is 3.56. The third-order valence-electron chi connectivity index (χ3n) is 4.63. The maximum atomic E-state index is 12.7. The fraction of sp³-hybridized carbons (Fsp3) is 0.579. The van der Waals surface area contributed by atoms with Gasteiger partial charge in [-0.25, -0.2) is 4.79 Å². The number of amides is 2. The number of fused-ring (bicyclic) bond motifs is 1. The molecule has 0 aromatic heterocycles. The maximum absolute atomic E-state index is 12.7. The summed E-state index contributed by atoms with van der Waals surface area (Å²) in [4.78, 5) is 26.6. The van der Waals surface area contributed by atoms with Crippen molar-refractivity contribution in [1.29, 1.82) is 0 Å². The van der Waals surface area contributed by atoms with Gasteiger partial charge in [0.2, 0.25) is 5.91 Å². The van der Waals surface area contributed by atoms with Crippen molar-refractivity contribution in [2.24, 2.45) is 0 Å². The van der Waals surface area contributed by atoms with Crippen LogP contribution in [0.1, 0.15) is 44.7 Å². The Balaban J connectivity index is 1.60. The number of carbonyl (C=O) groups is 2. The lowest BCUT2D eigenvalue weighted by Crippen LogP contribution is -2.50. The number of likely N-dealkylation sites (tertiary alicyclic amines) is 1. The predicted molar refractivity (Wildman–Crippen MR) is 99.4 cm³/mol. The van der Waals surface area contributed by atoms with Crippen molar-refractivity contribution >= 4 is 27.9 Å². The molecule has 3 rings (SSSR count). The van der Waals surface area contributed by atoms with Gasteiger partial charge in [0.05, 0.1) is 0 Å². The molecule has 1 heterocycles. The average molecular weight is 409 g/mol. The van der Waals surface area contributed by atoms with Crippen LogP contribution >= 0.6 is 15.9 Å². The summed E-state index contributed by atoms with van der Waals surface area (Å²) in [6.07, 6.45) is 2.79. The number of nitrogens with zero attached hydrogens (tertiary/aromatic N) is 1. The lowest BCUT2D eigenvalue weighted by molar-refractivity contribution is -0.126. The summed E-state index contributed by atoms with van der Waals surface area (Å²) < 4.78 is 6.50. The SMILES string of the molecule is CC(C)(C)OC(=O)N1CCCC1C(=O)NC1Cc2ccc(Br)cc2C1. The van der Waals surface area contributed by atoms with E-state index in [1.807, 2.05) is 26.8 Å². The van der Waals surface area contributed by atoms with Crippen LogP contribution in [0.4, 0.5) is 4.79 Å². The average Bonchev–Trinajstić information content (AvgIpc) is 3.10. The number of benzene rings is 1. The second kappa shape index (κ2) is 6.98. The molecule has 1 aromatic carbocycles. The Kier molecular flexibility index (Phi) is 5.09. The van der Waals surface area contributed by atoms with Crippen LogP contribution in [-0.4, -0.2) is 41.1 Å². The largest absolute Gasteiger partial charge is 0.444 e. The first-order valence-corrected chi connectivity index (χ1v) is 9.59. The van der Waals surface area contributed by atoms with E-state index in [1.165, 1.54) is 11.1 Å². The maximum Gasteiger partial charge on any atom is 0.410 e. The van der Waals surface area contributed by atoms with Crippen LogP contribution in [0.15, 0.2) is 22.7 Å². The van der Waals surface area contributed by atoms with Crippen LogP contribution in [0.3, 0.4) is 0 Å². The van der Waals surface area contributed by atoms with E-state index in [-0.39, 0.29) is 11.9 Å². The molecule has 25 heavy (non-hydrogen) atoms. The smallest absolute Gasteiger partial charge is 0.410 e. The molecule has 1 aromatic rings. The second-order valence-corrected chi connectivity index (χ2v) is 8.77. The zero-order valence-electron chi connectivity index (χ0n) is 15.0. The molecule has 2 unspecified atom stereocenters. The lowest BCUT2D eigenvalue weighted by atomic mass is 10.1. The molecule has 2 aliphatic rings. The Hall–Kier alpha value is -1.56. The van der Waals surface area contributed by atoms with Crippen LogP contribution in [0.2, 0.25) is 0 Å². The Morgan fingerprint density at radius 2 is 1.96 bits per heavy atom. The number of halogens is 1. The quantitative estimate of drug-likeness (QED) is 0.814. The number of hydrogen-bond acceptors (Lipinski definition) is 3. The van der Waals surface area contributed by atoms with E-state index in [0.717, 1.165) is 23.7 Å². The minimum absolute atomic E-state index is 0.0692. The predicted octanol–water partition coefficient (Wildman–Crippen LogP) is 3.43. The molecular weight excluding hydrogens is 384 g/mol. The highest BCUT2D eigenvalue weighted by molar-refractivity contribution is 9.10. The van der Waals surface area contributed by atoms with E-state index in [1.54, 1.807) is 4.90 Å². The Bertz CT molecular complexity index is 684. The molecule has 1 aliphatic heterocycles. The highest BCUT2D eigenvalue weighted by atomic mass is 79.9. The number of carbonyl (C=O) groups excluding carboxylic acids is 2. The van der Waals surface area contributed by atoms with E-state index in [9.17, 15) is 9.59 Å². The van der Waals surface area contributed by atoms with Gasteiger partial charge in [-0.3, -0.25) is 9.69 Å². The molecule has 1 N–H and O–H groups in total. The van der Waals surface area contributed by atoms with Crippen molar-refractivity contribution < 1.29 is 14.3 Å². The second-order valence-electron chi connectivity index (χ2n) is 7.86. The first-order chi connectivity index (χ1) is 11.7. The van der Waals surface area contributed by atoms with Crippen LogP contribution < -0.4 is 5.32 Å². The fourth-order valence-corrected chi connectivity index (χ4v) is 3.97. The summed E-state index contributed by atoms with van der Waals surface area (Å²) in [5, 5.41) is 3.13. The standard InChI is InChI=1S/C19H25BrN2O3/c1-19(2,3)25-18(24)22-8-4-5-16(22)17(23)21-15-10-12-6-7-14(20)9-13(12)11-15/h6-7,9,15-16H,4-5,8,10-11H2,1-3H3,(H,21,23). The first kappa shape index (κ1) is 18.2. The van der Waals surface area contributed by atoms with Crippen LogP contribution in [0.25, 0.3) is 0 Å². The van der Waals surface area contributed by atoms with Gasteiger partial charge in [-0.1, -0.05) is 22.0 Å².